The molecule has 0 aliphatic rings. The third-order valence-electron chi connectivity index (χ3n) is 3.75. The number of unbranched alkanes of at least 4 members (excludes halogenated alkanes) is 13. The Morgan fingerprint density at radius 2 is 0.909 bits per heavy atom. The normalized spacial score (nSPS) is 10.8. The second-order valence-corrected chi connectivity index (χ2v) is 7.38. The first-order valence-electron chi connectivity index (χ1n) is 8.50. The van der Waals surface area contributed by atoms with Crippen LogP contribution in [-0.4, -0.2) is 24.2 Å². The van der Waals surface area contributed by atoms with Gasteiger partial charge in [-0.05, 0) is 6.42 Å². The van der Waals surface area contributed by atoms with Crippen molar-refractivity contribution < 1.29 is 48.0 Å². The predicted molar refractivity (Wildman–Crippen MR) is 88.5 cm³/mol. The molecule has 0 radical (unpaired) electrons. The number of hydrogen-bond donors (Lipinski definition) is 0. The fourth-order valence-electron chi connectivity index (χ4n) is 2.47. The summed E-state index contributed by atoms with van der Waals surface area (Å²) in [5.74, 6) is -0.189. The van der Waals surface area contributed by atoms with E-state index in [0.717, 1.165) is 12.8 Å². The van der Waals surface area contributed by atoms with E-state index in [4.69, 9.17) is 0 Å². The van der Waals surface area contributed by atoms with Crippen molar-refractivity contribution in [1.82, 2.24) is 0 Å². The third-order valence-corrected chi connectivity index (χ3v) is 4.54. The molecule has 0 saturated carbocycles. The molecule has 0 bridgehead atoms. The average molecular weight is 347 g/mol. The molecule has 0 aromatic rings. The minimum absolute atomic E-state index is 0. The fraction of sp³-hybridized carbons (Fsp3) is 1.00. The van der Waals surface area contributed by atoms with Gasteiger partial charge in [0.2, 0.25) is 0 Å². The Hall–Kier alpha value is 0.870. The Kier molecular flexibility index (Phi) is 25.1. The van der Waals surface area contributed by atoms with E-state index in [0.29, 0.717) is 6.42 Å². The Morgan fingerprint density at radius 3 is 1.18 bits per heavy atom. The molecule has 130 valence electrons. The smallest absolute Gasteiger partial charge is 0.748 e. The molecule has 0 unspecified atom stereocenters. The van der Waals surface area contributed by atoms with Gasteiger partial charge in [-0.3, -0.25) is 0 Å². The van der Waals surface area contributed by atoms with E-state index in [1.165, 1.54) is 70.6 Å². The summed E-state index contributed by atoms with van der Waals surface area (Å²) in [5.41, 5.74) is 0. The van der Waals surface area contributed by atoms with Crippen LogP contribution >= 0.6 is 0 Å². The summed E-state index contributed by atoms with van der Waals surface area (Å²) in [6, 6.07) is 0. The maximum Gasteiger partial charge on any atom is 1.00 e. The molecule has 0 saturated heterocycles. The Morgan fingerprint density at radius 1 is 0.636 bits per heavy atom. The summed E-state index contributed by atoms with van der Waals surface area (Å²) in [6.07, 6.45) is 17.2. The molecule has 0 fully saturated rings. The molecular formula is C16H35NaO4S. The minimum atomic E-state index is -3.99. The van der Waals surface area contributed by atoms with Crippen molar-refractivity contribution in [3.63, 3.8) is 0 Å². The van der Waals surface area contributed by atoms with Crippen molar-refractivity contribution in [3.8, 4) is 0 Å². The standard InChI is InChI=1S/C16H34O3S.Na.H2O/c1-2-3-4-5-6-7-8-9-10-11-12-13-14-15-16-20(17,18)19;;/h2-16H2,1H3,(H,17,18,19);;1H2/q;+1;/p-1. The summed E-state index contributed by atoms with van der Waals surface area (Å²) in [4.78, 5) is 0. The molecule has 0 heterocycles. The minimum Gasteiger partial charge on any atom is -0.748 e. The van der Waals surface area contributed by atoms with Gasteiger partial charge in [-0.25, -0.2) is 8.42 Å². The SMILES string of the molecule is CCCCCCCCCCCCCCCCS(=O)(=O)[O-].O.[Na+]. The summed E-state index contributed by atoms with van der Waals surface area (Å²) in [6.45, 7) is 2.25. The first kappa shape index (κ1) is 27.7. The molecule has 2 N–H and O–H groups in total. The van der Waals surface area contributed by atoms with Crippen molar-refractivity contribution in [2.75, 3.05) is 5.75 Å². The van der Waals surface area contributed by atoms with Gasteiger partial charge >= 0.3 is 29.6 Å². The van der Waals surface area contributed by atoms with Crippen molar-refractivity contribution in [1.29, 1.82) is 0 Å². The van der Waals surface area contributed by atoms with Crippen LogP contribution < -0.4 is 29.6 Å². The van der Waals surface area contributed by atoms with Crippen LogP contribution in [0.4, 0.5) is 0 Å². The van der Waals surface area contributed by atoms with E-state index in [9.17, 15) is 13.0 Å². The quantitative estimate of drug-likeness (QED) is 0.253. The largest absolute Gasteiger partial charge is 1.00 e. The third kappa shape index (κ3) is 25.8. The second-order valence-electron chi connectivity index (χ2n) is 5.86. The van der Waals surface area contributed by atoms with Crippen LogP contribution in [0.15, 0.2) is 0 Å². The number of rotatable bonds is 15. The molecule has 0 aromatic carbocycles. The van der Waals surface area contributed by atoms with Crippen molar-refractivity contribution in [3.05, 3.63) is 0 Å². The summed E-state index contributed by atoms with van der Waals surface area (Å²) in [7, 11) is -3.99. The molecule has 0 rings (SSSR count). The Bertz CT molecular complexity index is 295. The van der Waals surface area contributed by atoms with E-state index >= 15 is 0 Å². The molecule has 6 heteroatoms. The van der Waals surface area contributed by atoms with Gasteiger partial charge in [-0.1, -0.05) is 90.4 Å². The molecule has 0 aromatic heterocycles. The molecule has 0 spiro atoms. The van der Waals surface area contributed by atoms with Crippen LogP contribution in [0.25, 0.3) is 0 Å². The van der Waals surface area contributed by atoms with Gasteiger partial charge in [0.05, 0.1) is 10.1 Å². The van der Waals surface area contributed by atoms with Gasteiger partial charge < -0.3 is 10.0 Å². The van der Waals surface area contributed by atoms with E-state index in [2.05, 4.69) is 6.92 Å². The monoisotopic (exact) mass is 346 g/mol. The van der Waals surface area contributed by atoms with Crippen molar-refractivity contribution >= 4 is 10.1 Å². The van der Waals surface area contributed by atoms with E-state index < -0.39 is 10.1 Å². The molecule has 0 amide bonds. The van der Waals surface area contributed by atoms with Crippen LogP contribution in [0.2, 0.25) is 0 Å². The zero-order valence-electron chi connectivity index (χ0n) is 14.7. The number of hydrogen-bond acceptors (Lipinski definition) is 3. The summed E-state index contributed by atoms with van der Waals surface area (Å²) >= 11 is 0. The molecule has 0 atom stereocenters. The summed E-state index contributed by atoms with van der Waals surface area (Å²) < 4.78 is 31.2. The molecule has 0 aliphatic carbocycles. The van der Waals surface area contributed by atoms with Gasteiger partial charge in [0, 0.05) is 5.75 Å². The zero-order chi connectivity index (χ0) is 15.1. The van der Waals surface area contributed by atoms with Crippen LogP contribution in [0.1, 0.15) is 96.8 Å². The van der Waals surface area contributed by atoms with Crippen molar-refractivity contribution in [2.24, 2.45) is 0 Å². The van der Waals surface area contributed by atoms with Crippen LogP contribution in [0, 0.1) is 0 Å². The predicted octanol–water partition coefficient (Wildman–Crippen LogP) is 1.19. The molecular weight excluding hydrogens is 311 g/mol. The fourth-order valence-corrected chi connectivity index (χ4v) is 3.03. The molecule has 22 heavy (non-hydrogen) atoms. The van der Waals surface area contributed by atoms with Gasteiger partial charge in [-0.15, -0.1) is 0 Å². The summed E-state index contributed by atoms with van der Waals surface area (Å²) in [5, 5.41) is 0. The van der Waals surface area contributed by atoms with Crippen LogP contribution in [0.5, 0.6) is 0 Å². The Labute approximate surface area is 160 Å². The first-order valence-corrected chi connectivity index (χ1v) is 10.1. The van der Waals surface area contributed by atoms with E-state index in [-0.39, 0.29) is 40.8 Å². The van der Waals surface area contributed by atoms with Gasteiger partial charge in [0.15, 0.2) is 0 Å². The van der Waals surface area contributed by atoms with Crippen LogP contribution in [-0.2, 0) is 10.1 Å². The molecule has 0 aliphatic heterocycles. The van der Waals surface area contributed by atoms with E-state index in [1.54, 1.807) is 0 Å². The average Bonchev–Trinajstić information content (AvgIpc) is 2.38. The second kappa shape index (κ2) is 19.9. The van der Waals surface area contributed by atoms with E-state index in [1.807, 2.05) is 0 Å². The van der Waals surface area contributed by atoms with Gasteiger partial charge in [0.1, 0.15) is 0 Å². The first-order chi connectivity index (χ1) is 9.56. The molecule has 4 nitrogen and oxygen atoms in total. The van der Waals surface area contributed by atoms with Gasteiger partial charge in [-0.2, -0.15) is 0 Å². The van der Waals surface area contributed by atoms with Crippen LogP contribution in [0.3, 0.4) is 0 Å². The Balaban J connectivity index is -0.00000180. The maximum absolute atomic E-state index is 10.4. The van der Waals surface area contributed by atoms with Gasteiger partial charge in [0.25, 0.3) is 0 Å². The topological polar surface area (TPSA) is 88.7 Å². The maximum atomic E-state index is 10.4. The van der Waals surface area contributed by atoms with Crippen molar-refractivity contribution in [2.45, 2.75) is 96.8 Å². The zero-order valence-corrected chi connectivity index (χ0v) is 17.6.